The van der Waals surface area contributed by atoms with E-state index >= 15 is 0 Å². The normalized spacial score (nSPS) is 20.1. The second-order valence-corrected chi connectivity index (χ2v) is 19.3. The molecule has 4 heterocycles. The first-order valence-electron chi connectivity index (χ1n) is 25.2. The molecule has 10 rings (SSSR count). The number of hydrogen-bond acceptors (Lipinski definition) is 13. The van der Waals surface area contributed by atoms with E-state index in [2.05, 4.69) is 38.9 Å². The van der Waals surface area contributed by atoms with Gasteiger partial charge in [-0.2, -0.15) is 15.6 Å². The number of aliphatic hydroxyl groups is 1. The highest BCUT2D eigenvalue weighted by Gasteiger charge is 2.50. The van der Waals surface area contributed by atoms with Gasteiger partial charge in [0.05, 0.1) is 36.4 Å². The fourth-order valence-corrected chi connectivity index (χ4v) is 10.4. The van der Waals surface area contributed by atoms with Gasteiger partial charge in [-0.05, 0) is 93.4 Å². The molecule has 3 saturated heterocycles. The number of benzene rings is 5. The number of anilines is 3. The summed E-state index contributed by atoms with van der Waals surface area (Å²) in [5, 5.41) is 33.9. The van der Waals surface area contributed by atoms with Gasteiger partial charge in [-0.15, -0.1) is 0 Å². The summed E-state index contributed by atoms with van der Waals surface area (Å²) in [6.07, 6.45) is 6.86. The molecule has 5 aromatic carbocycles. The van der Waals surface area contributed by atoms with Crippen LogP contribution in [0.4, 0.5) is 30.6 Å². The highest BCUT2D eigenvalue weighted by atomic mass is 19.1. The summed E-state index contributed by atoms with van der Waals surface area (Å²) in [6, 6.07) is 32.2. The Balaban J connectivity index is 0.000000286. The van der Waals surface area contributed by atoms with Gasteiger partial charge >= 0.3 is 6.03 Å². The van der Waals surface area contributed by atoms with Crippen molar-refractivity contribution in [2.24, 2.45) is 0 Å². The number of fused-ring (bicyclic) bond motifs is 2. The third kappa shape index (κ3) is 10.7. The number of ether oxygens (including phenoxy) is 3. The van der Waals surface area contributed by atoms with Gasteiger partial charge in [-0.25, -0.2) is 23.2 Å². The fourth-order valence-electron chi connectivity index (χ4n) is 10.4. The Kier molecular flexibility index (Phi) is 15.4. The lowest BCUT2D eigenvalue weighted by molar-refractivity contribution is -0.117. The number of carbonyl (C=O) groups excluding carboxylic acids is 3. The van der Waals surface area contributed by atoms with Crippen molar-refractivity contribution in [3.05, 3.63) is 166 Å². The van der Waals surface area contributed by atoms with Crippen molar-refractivity contribution < 1.29 is 42.5 Å². The zero-order valence-corrected chi connectivity index (χ0v) is 42.0. The molecule has 6 aromatic rings. The van der Waals surface area contributed by atoms with Crippen molar-refractivity contribution in [3.63, 3.8) is 0 Å². The van der Waals surface area contributed by atoms with Crippen LogP contribution in [0.5, 0.6) is 5.75 Å². The molecule has 0 bridgehead atoms. The van der Waals surface area contributed by atoms with Crippen LogP contribution < -0.4 is 19.4 Å². The first-order valence-corrected chi connectivity index (χ1v) is 25.2. The predicted octanol–water partition coefficient (Wildman–Crippen LogP) is 8.75. The van der Waals surface area contributed by atoms with Crippen LogP contribution in [-0.2, 0) is 21.6 Å². The van der Waals surface area contributed by atoms with E-state index in [9.17, 15) is 33.5 Å². The van der Waals surface area contributed by atoms with Gasteiger partial charge in [-0.1, -0.05) is 56.5 Å². The third-order valence-corrected chi connectivity index (χ3v) is 14.1. The number of halogens is 2. The SMILES string of the molecule is CCCCCCC1(O)CN(c2ccc(N3CCN(c4ccc(OC[C@H]5OC[C@](Cn6cncn6)(c6ccc(F)cc6F)O5)cc4)CC3)cc2)C(=O)N1C(C)C.N#Cc1ccc2c(c1C#N)C(=O)c1ccccc1C2=O. The smallest absolute Gasteiger partial charge is 0.327 e. The number of β-amino-alcohol motifs (C(OH)–C–C–N with tert-alkyl or cyclic N) is 1. The number of ketones is 2. The maximum atomic E-state index is 15.0. The van der Waals surface area contributed by atoms with Gasteiger partial charge < -0.3 is 29.1 Å². The average Bonchev–Trinajstić information content (AvgIpc) is 4.17. The molecule has 0 spiro atoms. The Labute approximate surface area is 433 Å². The molecule has 0 radical (unpaired) electrons. The Morgan fingerprint density at radius 3 is 2.09 bits per heavy atom. The van der Waals surface area contributed by atoms with Crippen molar-refractivity contribution in [2.45, 2.75) is 83.1 Å². The van der Waals surface area contributed by atoms with E-state index in [0.29, 0.717) is 17.7 Å². The summed E-state index contributed by atoms with van der Waals surface area (Å²) >= 11 is 0. The monoisotopic (exact) mass is 1020 g/mol. The Bertz CT molecular complexity index is 3140. The maximum absolute atomic E-state index is 15.0. The van der Waals surface area contributed by atoms with Crippen LogP contribution in [0.2, 0.25) is 0 Å². The van der Waals surface area contributed by atoms with E-state index < -0.39 is 29.3 Å². The topological polar surface area (TPSA) is 190 Å². The number of nitrogens with zero attached hydrogens (tertiary/aromatic N) is 9. The number of aromatic nitrogens is 3. The molecule has 3 fully saturated rings. The lowest BCUT2D eigenvalue weighted by atomic mass is 9.81. The molecule has 1 aromatic heterocycles. The summed E-state index contributed by atoms with van der Waals surface area (Å²) in [5.41, 5.74) is 1.64. The lowest BCUT2D eigenvalue weighted by Gasteiger charge is -2.37. The molecule has 0 saturated carbocycles. The Morgan fingerprint density at radius 2 is 1.48 bits per heavy atom. The average molecular weight is 1020 g/mol. The van der Waals surface area contributed by atoms with Crippen LogP contribution in [0.15, 0.2) is 116 Å². The van der Waals surface area contributed by atoms with E-state index in [1.807, 2.05) is 62.4 Å². The molecule has 16 nitrogen and oxygen atoms in total. The molecule has 3 atom stereocenters. The van der Waals surface area contributed by atoms with Crippen LogP contribution in [-0.4, -0.2) is 106 Å². The highest BCUT2D eigenvalue weighted by Crippen LogP contribution is 2.39. The van der Waals surface area contributed by atoms with Crippen LogP contribution in [0, 0.1) is 34.3 Å². The zero-order valence-electron chi connectivity index (χ0n) is 42.0. The number of rotatable bonds is 15. The molecule has 2 amide bonds. The standard InChI is InChI=1S/C41H51F2N7O5.C16H6N2O2/c1-4-5-6-7-18-41(52)26-49(39(51)50(41)30(2)3)34-11-9-32(10-12-34)46-19-21-47(22-20-46)33-13-15-35(16-14-33)53-24-38-54-27-40(55-38,25-48-29-44-28-45-48)36-17-8-31(42)23-37(36)43;17-7-9-5-6-12-14(13(9)8-18)16(20)11-4-2-1-3-10(11)15(12)19/h8-17,23,28-30,38,52H,4-7,18-22,24-27H2,1-3H3;1-6H/t38-,40+,41?;/m0./s1. The minimum absolute atomic E-state index is 0.0251. The minimum Gasteiger partial charge on any atom is -0.488 e. The van der Waals surface area contributed by atoms with Crippen molar-refractivity contribution in [3.8, 4) is 17.9 Å². The number of carbonyl (C=O) groups is 3. The van der Waals surface area contributed by atoms with E-state index in [1.54, 1.807) is 34.1 Å². The van der Waals surface area contributed by atoms with Crippen molar-refractivity contribution in [1.82, 2.24) is 19.7 Å². The van der Waals surface area contributed by atoms with E-state index in [4.69, 9.17) is 19.5 Å². The van der Waals surface area contributed by atoms with Crippen LogP contribution in [0.3, 0.4) is 0 Å². The van der Waals surface area contributed by atoms with Gasteiger partial charge in [0, 0.05) is 77.6 Å². The van der Waals surface area contributed by atoms with E-state index in [-0.39, 0.29) is 83.3 Å². The number of amides is 2. The largest absolute Gasteiger partial charge is 0.488 e. The van der Waals surface area contributed by atoms with Gasteiger partial charge in [0.25, 0.3) is 0 Å². The number of unbranched alkanes of at least 4 members (excludes halogenated alkanes) is 3. The summed E-state index contributed by atoms with van der Waals surface area (Å²) in [7, 11) is 0. The summed E-state index contributed by atoms with van der Waals surface area (Å²) in [6.45, 7) is 9.91. The van der Waals surface area contributed by atoms with Gasteiger partial charge in [0.2, 0.25) is 0 Å². The second kappa shape index (κ2) is 22.2. The molecular weight excluding hydrogens is 961 g/mol. The molecule has 75 heavy (non-hydrogen) atoms. The van der Waals surface area contributed by atoms with Gasteiger partial charge in [0.15, 0.2) is 23.6 Å². The summed E-state index contributed by atoms with van der Waals surface area (Å²) < 4.78 is 48.4. The Hall–Kier alpha value is -8.03. The first-order chi connectivity index (χ1) is 36.3. The first kappa shape index (κ1) is 51.9. The number of hydrogen-bond donors (Lipinski definition) is 1. The van der Waals surface area contributed by atoms with E-state index in [0.717, 1.165) is 75.0 Å². The third-order valence-electron chi connectivity index (χ3n) is 14.1. The molecule has 4 aliphatic rings. The van der Waals surface area contributed by atoms with Crippen molar-refractivity contribution in [1.29, 1.82) is 10.5 Å². The lowest BCUT2D eigenvalue weighted by Crippen LogP contribution is -2.50. The molecule has 18 heteroatoms. The van der Waals surface area contributed by atoms with Crippen LogP contribution in [0.1, 0.15) is 101 Å². The van der Waals surface area contributed by atoms with Crippen molar-refractivity contribution in [2.75, 3.05) is 60.6 Å². The molecule has 1 aliphatic carbocycles. The quantitative estimate of drug-likeness (QED) is 0.0961. The second-order valence-electron chi connectivity index (χ2n) is 19.3. The summed E-state index contributed by atoms with van der Waals surface area (Å²) in [5.74, 6) is -1.44. The van der Waals surface area contributed by atoms with Gasteiger partial charge in [0.1, 0.15) is 54.4 Å². The molecular formula is C57H57F2N9O7. The van der Waals surface area contributed by atoms with Crippen LogP contribution >= 0.6 is 0 Å². The van der Waals surface area contributed by atoms with Crippen LogP contribution in [0.25, 0.3) is 0 Å². The Morgan fingerprint density at radius 1 is 0.813 bits per heavy atom. The number of piperazine rings is 1. The van der Waals surface area contributed by atoms with Gasteiger partial charge in [-0.3, -0.25) is 19.4 Å². The zero-order chi connectivity index (χ0) is 52.9. The number of nitriles is 2. The van der Waals surface area contributed by atoms with Crippen molar-refractivity contribution >= 4 is 34.7 Å². The fraction of sp³-hybridized carbons (Fsp3) is 0.351. The van der Waals surface area contributed by atoms with E-state index in [1.165, 1.54) is 41.6 Å². The predicted molar refractivity (Wildman–Crippen MR) is 274 cm³/mol. The minimum atomic E-state index is -1.24. The molecule has 3 aliphatic heterocycles. The molecule has 1 N–H and O–H groups in total. The maximum Gasteiger partial charge on any atom is 0.327 e. The highest BCUT2D eigenvalue weighted by molar-refractivity contribution is 6.29. The number of urea groups is 1. The summed E-state index contributed by atoms with van der Waals surface area (Å²) in [4.78, 5) is 50.4. The molecule has 1 unspecified atom stereocenters. The molecule has 386 valence electrons.